The lowest BCUT2D eigenvalue weighted by atomic mass is 10.1. The van der Waals surface area contributed by atoms with Crippen LogP contribution in [0.5, 0.6) is 0 Å². The van der Waals surface area contributed by atoms with Gasteiger partial charge in [-0.25, -0.2) is 4.99 Å². The van der Waals surface area contributed by atoms with E-state index in [2.05, 4.69) is 34.1 Å². The van der Waals surface area contributed by atoms with Gasteiger partial charge in [0.15, 0.2) is 5.96 Å². The Balaban J connectivity index is 2.51. The van der Waals surface area contributed by atoms with Crippen LogP contribution < -0.4 is 16.0 Å². The van der Waals surface area contributed by atoms with Gasteiger partial charge in [0.05, 0.1) is 6.54 Å². The van der Waals surface area contributed by atoms with Crippen LogP contribution in [-0.2, 0) is 6.54 Å². The van der Waals surface area contributed by atoms with Crippen LogP contribution in [0.15, 0.2) is 29.3 Å². The third-order valence-corrected chi connectivity index (χ3v) is 4.08. The lowest BCUT2D eigenvalue weighted by Gasteiger charge is -2.11. The van der Waals surface area contributed by atoms with Crippen molar-refractivity contribution in [3.8, 4) is 0 Å². The average Bonchev–Trinajstić information content (AvgIpc) is 2.60. The van der Waals surface area contributed by atoms with Gasteiger partial charge in [0.1, 0.15) is 0 Å². The van der Waals surface area contributed by atoms with Crippen LogP contribution in [0.25, 0.3) is 0 Å². The third kappa shape index (κ3) is 8.24. The highest BCUT2D eigenvalue weighted by atomic mass is 32.2. The molecule has 3 N–H and O–H groups in total. The molecule has 0 aromatic heterocycles. The molecule has 0 aliphatic heterocycles. The van der Waals surface area contributed by atoms with Crippen LogP contribution in [-0.4, -0.2) is 43.5 Å². The third-order valence-electron chi connectivity index (χ3n) is 3.39. The number of thioether (sulfide) groups is 1. The summed E-state index contributed by atoms with van der Waals surface area (Å²) in [5.41, 5.74) is 1.77. The predicted octanol–water partition coefficient (Wildman–Crippen LogP) is 2.63. The normalized spacial score (nSPS) is 11.2. The smallest absolute Gasteiger partial charge is 0.251 e. The molecule has 0 atom stereocenters. The Morgan fingerprint density at radius 1 is 1.04 bits per heavy atom. The topological polar surface area (TPSA) is 65.5 Å². The standard InChI is InChI=1S/C18H30N4OS/c1-4-19-17(23)16-10-8-15(9-11-16)14-22-18(20-5-2)21-12-6-7-13-24-3/h8-11H,4-7,12-14H2,1-3H3,(H,19,23)(H2,20,21,22). The van der Waals surface area contributed by atoms with Gasteiger partial charge in [-0.3, -0.25) is 4.79 Å². The molecule has 0 fully saturated rings. The van der Waals surface area contributed by atoms with E-state index >= 15 is 0 Å². The molecule has 1 rings (SSSR count). The number of nitrogens with zero attached hydrogens (tertiary/aromatic N) is 1. The van der Waals surface area contributed by atoms with Crippen LogP contribution in [0.3, 0.4) is 0 Å². The zero-order valence-corrected chi connectivity index (χ0v) is 15.8. The molecule has 5 nitrogen and oxygen atoms in total. The second-order valence-corrected chi connectivity index (χ2v) is 6.36. The quantitative estimate of drug-likeness (QED) is 0.345. The summed E-state index contributed by atoms with van der Waals surface area (Å²) in [6, 6.07) is 7.60. The van der Waals surface area contributed by atoms with Crippen LogP contribution in [0, 0.1) is 0 Å². The first kappa shape index (κ1) is 20.4. The zero-order chi connectivity index (χ0) is 17.6. The maximum atomic E-state index is 11.7. The van der Waals surface area contributed by atoms with Gasteiger partial charge in [-0.1, -0.05) is 12.1 Å². The monoisotopic (exact) mass is 350 g/mol. The fourth-order valence-electron chi connectivity index (χ4n) is 2.11. The van der Waals surface area contributed by atoms with Crippen molar-refractivity contribution >= 4 is 23.6 Å². The summed E-state index contributed by atoms with van der Waals surface area (Å²) in [6.07, 6.45) is 4.50. The largest absolute Gasteiger partial charge is 0.357 e. The highest BCUT2D eigenvalue weighted by molar-refractivity contribution is 7.98. The number of rotatable bonds is 10. The number of nitrogens with one attached hydrogen (secondary N) is 3. The van der Waals surface area contributed by atoms with E-state index in [4.69, 9.17) is 0 Å². The number of unbranched alkanes of at least 4 members (excludes halogenated alkanes) is 1. The van der Waals surface area contributed by atoms with Crippen LogP contribution >= 0.6 is 11.8 Å². The van der Waals surface area contributed by atoms with Gasteiger partial charge in [0.2, 0.25) is 0 Å². The fraction of sp³-hybridized carbons (Fsp3) is 0.556. The van der Waals surface area contributed by atoms with E-state index in [1.807, 2.05) is 43.0 Å². The van der Waals surface area contributed by atoms with E-state index in [-0.39, 0.29) is 5.91 Å². The predicted molar refractivity (Wildman–Crippen MR) is 105 cm³/mol. The highest BCUT2D eigenvalue weighted by Gasteiger charge is 2.03. The van der Waals surface area contributed by atoms with E-state index in [1.54, 1.807) is 0 Å². The molecule has 1 aromatic rings. The summed E-state index contributed by atoms with van der Waals surface area (Å²) < 4.78 is 0. The van der Waals surface area contributed by atoms with E-state index in [0.29, 0.717) is 18.7 Å². The summed E-state index contributed by atoms with van der Waals surface area (Å²) >= 11 is 1.88. The summed E-state index contributed by atoms with van der Waals surface area (Å²) in [5, 5.41) is 9.42. The number of aliphatic imine (C=N–C) groups is 1. The summed E-state index contributed by atoms with van der Waals surface area (Å²) in [7, 11) is 0. The Labute approximate surface area is 150 Å². The van der Waals surface area contributed by atoms with E-state index in [9.17, 15) is 4.79 Å². The van der Waals surface area contributed by atoms with Crippen molar-refractivity contribution in [3.63, 3.8) is 0 Å². The molecule has 0 unspecified atom stereocenters. The minimum atomic E-state index is -0.0344. The summed E-state index contributed by atoms with van der Waals surface area (Å²) in [6.45, 7) is 6.98. The second kappa shape index (κ2) is 12.7. The first-order chi connectivity index (χ1) is 11.7. The van der Waals surface area contributed by atoms with Gasteiger partial charge >= 0.3 is 0 Å². The fourth-order valence-corrected chi connectivity index (χ4v) is 2.61. The van der Waals surface area contributed by atoms with Gasteiger partial charge < -0.3 is 16.0 Å². The van der Waals surface area contributed by atoms with Crippen molar-refractivity contribution < 1.29 is 4.79 Å². The molecule has 0 bridgehead atoms. The molecule has 0 spiro atoms. The first-order valence-corrected chi connectivity index (χ1v) is 9.98. The molecular weight excluding hydrogens is 320 g/mol. The number of hydrogen-bond acceptors (Lipinski definition) is 3. The van der Waals surface area contributed by atoms with Gasteiger partial charge in [0.25, 0.3) is 5.91 Å². The molecule has 134 valence electrons. The first-order valence-electron chi connectivity index (χ1n) is 8.59. The number of hydrogen-bond donors (Lipinski definition) is 3. The van der Waals surface area contributed by atoms with Crippen molar-refractivity contribution in [2.45, 2.75) is 33.2 Å². The Morgan fingerprint density at radius 2 is 1.75 bits per heavy atom. The van der Waals surface area contributed by atoms with Crippen LogP contribution in [0.4, 0.5) is 0 Å². The Morgan fingerprint density at radius 3 is 2.38 bits per heavy atom. The Bertz CT molecular complexity index is 502. The van der Waals surface area contributed by atoms with E-state index < -0.39 is 0 Å². The summed E-state index contributed by atoms with van der Waals surface area (Å²) in [4.78, 5) is 16.3. The van der Waals surface area contributed by atoms with Crippen molar-refractivity contribution in [1.82, 2.24) is 16.0 Å². The molecule has 0 heterocycles. The number of carbonyl (C=O) groups excluding carboxylic acids is 1. The average molecular weight is 351 g/mol. The van der Waals surface area contributed by atoms with Crippen LogP contribution in [0.2, 0.25) is 0 Å². The van der Waals surface area contributed by atoms with E-state index in [0.717, 1.165) is 31.0 Å². The number of guanidine groups is 1. The lowest BCUT2D eigenvalue weighted by Crippen LogP contribution is -2.37. The van der Waals surface area contributed by atoms with Crippen molar-refractivity contribution in [2.75, 3.05) is 31.6 Å². The van der Waals surface area contributed by atoms with Crippen molar-refractivity contribution in [3.05, 3.63) is 35.4 Å². The Kier molecular flexibility index (Phi) is 10.8. The van der Waals surface area contributed by atoms with Gasteiger partial charge in [0, 0.05) is 25.2 Å². The molecule has 1 aromatic carbocycles. The maximum Gasteiger partial charge on any atom is 0.251 e. The molecule has 0 radical (unpaired) electrons. The SMILES string of the molecule is CCNC(=O)c1ccc(CN=C(NCC)NCCCCSC)cc1. The number of amides is 1. The van der Waals surface area contributed by atoms with Crippen molar-refractivity contribution in [2.24, 2.45) is 4.99 Å². The number of benzene rings is 1. The van der Waals surface area contributed by atoms with Gasteiger partial charge in [-0.2, -0.15) is 11.8 Å². The number of carbonyl (C=O) groups is 1. The molecular formula is C18H30N4OS. The maximum absolute atomic E-state index is 11.7. The van der Waals surface area contributed by atoms with E-state index in [1.165, 1.54) is 12.2 Å². The van der Waals surface area contributed by atoms with Crippen molar-refractivity contribution in [1.29, 1.82) is 0 Å². The van der Waals surface area contributed by atoms with Crippen LogP contribution in [0.1, 0.15) is 42.6 Å². The summed E-state index contributed by atoms with van der Waals surface area (Å²) in [5.74, 6) is 2.01. The Hall–Kier alpha value is -1.69. The molecule has 0 aliphatic rings. The molecule has 24 heavy (non-hydrogen) atoms. The molecule has 0 aliphatic carbocycles. The minimum Gasteiger partial charge on any atom is -0.357 e. The highest BCUT2D eigenvalue weighted by Crippen LogP contribution is 2.06. The zero-order valence-electron chi connectivity index (χ0n) is 15.0. The molecule has 6 heteroatoms. The lowest BCUT2D eigenvalue weighted by molar-refractivity contribution is 0.0956. The van der Waals surface area contributed by atoms with Gasteiger partial charge in [-0.05, 0) is 56.4 Å². The minimum absolute atomic E-state index is 0.0344. The van der Waals surface area contributed by atoms with Gasteiger partial charge in [-0.15, -0.1) is 0 Å². The molecule has 0 saturated heterocycles. The molecule has 0 saturated carbocycles. The second-order valence-electron chi connectivity index (χ2n) is 5.38. The molecule has 1 amide bonds.